The minimum atomic E-state index is -4.07. The van der Waals surface area contributed by atoms with E-state index in [2.05, 4.69) is 19.5 Å². The van der Waals surface area contributed by atoms with E-state index in [-0.39, 0.29) is 30.3 Å². The number of fused-ring (bicyclic) bond motifs is 1. The van der Waals surface area contributed by atoms with Gasteiger partial charge in [-0.15, -0.1) is 11.3 Å². The number of aliphatic hydroxyl groups is 1. The van der Waals surface area contributed by atoms with Crippen LogP contribution in [0.2, 0.25) is 5.02 Å². The van der Waals surface area contributed by atoms with E-state index in [0.717, 1.165) is 22.4 Å². The molecule has 5 rings (SSSR count). The van der Waals surface area contributed by atoms with Crippen molar-refractivity contribution in [3.05, 3.63) is 73.8 Å². The molecule has 10 nitrogen and oxygen atoms in total. The quantitative estimate of drug-likeness (QED) is 0.317. The number of nitrogens with zero attached hydrogens (tertiary/aromatic N) is 2. The fraction of sp³-hybridized carbons (Fsp3) is 0.423. The molecule has 0 saturated heterocycles. The van der Waals surface area contributed by atoms with Gasteiger partial charge in [-0.25, -0.2) is 15.1 Å². The Bertz CT molecular complexity index is 1480. The SMILES string of the molecule is Cc1sc(C(=O)c2cncnc2NC[C@@H]2C[C@H](COS(N)(=O)=O)[C@@H](O)C2)cc1C1OCCc2ccc(Cl)cc21. The second-order valence-electron chi connectivity index (χ2n) is 9.90. The Morgan fingerprint density at radius 3 is 2.92 bits per heavy atom. The monoisotopic (exact) mass is 592 g/mol. The van der Waals surface area contributed by atoms with Gasteiger partial charge in [-0.3, -0.25) is 8.98 Å². The summed E-state index contributed by atoms with van der Waals surface area (Å²) in [6, 6.07) is 7.72. The Morgan fingerprint density at radius 2 is 2.13 bits per heavy atom. The molecule has 2 aromatic heterocycles. The number of halogens is 1. The fourth-order valence-electron chi connectivity index (χ4n) is 5.29. The summed E-state index contributed by atoms with van der Waals surface area (Å²) in [6.07, 6.45) is 3.66. The standard InChI is InChI=1S/C26H29ClN4O6S2/c1-14-19(25-20-8-18(27)3-2-16(20)4-5-36-25)9-23(38-14)24(33)21-11-29-13-31-26(21)30-10-15-6-17(22(32)7-15)12-37-39(28,34)35/h2-3,8-9,11,13,15,17,22,25,32H,4-7,10,12H2,1H3,(H2,28,34,35)(H,29,30,31)/t15-,17-,22+,25?/m1/s1. The number of nitrogens with two attached hydrogens (primary N) is 1. The first kappa shape index (κ1) is 28.1. The minimum absolute atomic E-state index is 0.0259. The summed E-state index contributed by atoms with van der Waals surface area (Å²) in [7, 11) is -4.07. The van der Waals surface area contributed by atoms with Crippen molar-refractivity contribution in [2.75, 3.05) is 25.1 Å². The van der Waals surface area contributed by atoms with Crippen molar-refractivity contribution in [2.24, 2.45) is 17.0 Å². The van der Waals surface area contributed by atoms with Crippen LogP contribution in [0.1, 0.15) is 55.7 Å². The number of nitrogens with one attached hydrogen (secondary N) is 1. The fourth-order valence-corrected chi connectivity index (χ4v) is 6.84. The van der Waals surface area contributed by atoms with Crippen LogP contribution < -0.4 is 10.5 Å². The van der Waals surface area contributed by atoms with Gasteiger partial charge < -0.3 is 15.2 Å². The number of anilines is 1. The number of benzene rings is 1. The van der Waals surface area contributed by atoms with Crippen molar-refractivity contribution >= 4 is 44.8 Å². The molecule has 4 N–H and O–H groups in total. The maximum atomic E-state index is 13.6. The van der Waals surface area contributed by atoms with E-state index in [9.17, 15) is 18.3 Å². The van der Waals surface area contributed by atoms with E-state index in [1.807, 2.05) is 31.2 Å². The molecule has 39 heavy (non-hydrogen) atoms. The predicted octanol–water partition coefficient (Wildman–Crippen LogP) is 3.41. The second-order valence-corrected chi connectivity index (χ2v) is 12.8. The number of ketones is 1. The van der Waals surface area contributed by atoms with E-state index >= 15 is 0 Å². The third-order valence-corrected chi connectivity index (χ3v) is 8.99. The first-order valence-electron chi connectivity index (χ1n) is 12.5. The number of thiophene rings is 1. The predicted molar refractivity (Wildman–Crippen MR) is 147 cm³/mol. The summed E-state index contributed by atoms with van der Waals surface area (Å²) < 4.78 is 33.0. The summed E-state index contributed by atoms with van der Waals surface area (Å²) >= 11 is 7.67. The molecule has 13 heteroatoms. The van der Waals surface area contributed by atoms with Gasteiger partial charge in [0.15, 0.2) is 0 Å². The van der Waals surface area contributed by atoms with Crippen LogP contribution in [0.5, 0.6) is 0 Å². The van der Waals surface area contributed by atoms with Crippen LogP contribution in [0.3, 0.4) is 0 Å². The van der Waals surface area contributed by atoms with Gasteiger partial charge in [0.05, 0.1) is 29.8 Å². The van der Waals surface area contributed by atoms with E-state index in [4.69, 9.17) is 21.5 Å². The maximum Gasteiger partial charge on any atom is 0.333 e. The molecule has 1 aromatic carbocycles. The van der Waals surface area contributed by atoms with Gasteiger partial charge in [0.2, 0.25) is 5.78 Å². The third kappa shape index (κ3) is 6.49. The Labute approximate surface area is 235 Å². The molecule has 208 valence electrons. The first-order chi connectivity index (χ1) is 18.6. The molecule has 1 unspecified atom stereocenters. The van der Waals surface area contributed by atoms with Gasteiger partial charge in [0.25, 0.3) is 0 Å². The molecule has 1 fully saturated rings. The van der Waals surface area contributed by atoms with Gasteiger partial charge in [-0.2, -0.15) is 8.42 Å². The summed E-state index contributed by atoms with van der Waals surface area (Å²) in [4.78, 5) is 23.5. The molecule has 0 amide bonds. The van der Waals surface area contributed by atoms with Crippen molar-refractivity contribution in [2.45, 2.75) is 38.4 Å². The topological polar surface area (TPSA) is 154 Å². The van der Waals surface area contributed by atoms with Gasteiger partial charge in [-0.1, -0.05) is 17.7 Å². The van der Waals surface area contributed by atoms with Gasteiger partial charge >= 0.3 is 10.3 Å². The number of aryl methyl sites for hydroxylation is 1. The number of ether oxygens (including phenoxy) is 1. The number of carbonyl (C=O) groups excluding carboxylic acids is 1. The number of hydrogen-bond acceptors (Lipinski definition) is 10. The zero-order valence-electron chi connectivity index (χ0n) is 21.2. The third-order valence-electron chi connectivity index (χ3n) is 7.23. The molecular weight excluding hydrogens is 564 g/mol. The number of aliphatic hydroxyl groups excluding tert-OH is 1. The molecule has 3 aromatic rings. The Hall–Kier alpha value is -2.45. The zero-order valence-corrected chi connectivity index (χ0v) is 23.6. The smallest absolute Gasteiger partial charge is 0.333 e. The van der Waals surface area contributed by atoms with Crippen molar-refractivity contribution in [3.63, 3.8) is 0 Å². The van der Waals surface area contributed by atoms with Gasteiger partial charge in [0.1, 0.15) is 18.2 Å². The van der Waals surface area contributed by atoms with Crippen LogP contribution in [0, 0.1) is 18.8 Å². The van der Waals surface area contributed by atoms with Gasteiger partial charge in [0, 0.05) is 28.6 Å². The summed E-state index contributed by atoms with van der Waals surface area (Å²) in [5.41, 5.74) is 3.48. The molecule has 3 heterocycles. The summed E-state index contributed by atoms with van der Waals surface area (Å²) in [5.74, 6) is -0.132. The van der Waals surface area contributed by atoms with Gasteiger partial charge in [-0.05, 0) is 67.0 Å². The lowest BCUT2D eigenvalue weighted by molar-refractivity contribution is 0.0697. The number of rotatable bonds is 9. The zero-order chi connectivity index (χ0) is 27.7. The molecule has 4 atom stereocenters. The molecule has 1 saturated carbocycles. The van der Waals surface area contributed by atoms with Crippen molar-refractivity contribution in [1.82, 2.24) is 9.97 Å². The second kappa shape index (κ2) is 11.6. The van der Waals surface area contributed by atoms with Crippen molar-refractivity contribution in [3.8, 4) is 0 Å². The van der Waals surface area contributed by atoms with Crippen LogP contribution in [0.4, 0.5) is 5.82 Å². The highest BCUT2D eigenvalue weighted by Crippen LogP contribution is 2.39. The van der Waals surface area contributed by atoms with E-state index in [0.29, 0.717) is 47.3 Å². The molecule has 0 spiro atoms. The highest BCUT2D eigenvalue weighted by molar-refractivity contribution is 7.84. The Balaban J connectivity index is 1.30. The molecule has 1 aliphatic carbocycles. The maximum absolute atomic E-state index is 13.6. The average molecular weight is 593 g/mol. The molecule has 0 bridgehead atoms. The summed E-state index contributed by atoms with van der Waals surface area (Å²) in [5, 5.41) is 19.1. The van der Waals surface area contributed by atoms with Crippen molar-refractivity contribution < 1.29 is 27.2 Å². The summed E-state index contributed by atoms with van der Waals surface area (Å²) in [6.45, 7) is 2.82. The highest BCUT2D eigenvalue weighted by atomic mass is 35.5. The molecule has 1 aliphatic heterocycles. The Morgan fingerprint density at radius 1 is 1.31 bits per heavy atom. The number of aromatic nitrogens is 2. The van der Waals surface area contributed by atoms with Crippen LogP contribution >= 0.6 is 22.9 Å². The largest absolute Gasteiger partial charge is 0.393 e. The Kier molecular flexibility index (Phi) is 8.34. The lowest BCUT2D eigenvalue weighted by Crippen LogP contribution is -2.24. The van der Waals surface area contributed by atoms with Crippen LogP contribution in [0.15, 0.2) is 36.8 Å². The molecular formula is C26H29ClN4O6S2. The van der Waals surface area contributed by atoms with Crippen molar-refractivity contribution in [1.29, 1.82) is 0 Å². The normalized spacial score (nSPS) is 23.0. The minimum Gasteiger partial charge on any atom is -0.393 e. The highest BCUT2D eigenvalue weighted by Gasteiger charge is 2.34. The molecule has 2 aliphatic rings. The lowest BCUT2D eigenvalue weighted by Gasteiger charge is -2.26. The first-order valence-corrected chi connectivity index (χ1v) is 15.2. The van der Waals surface area contributed by atoms with E-state index in [1.165, 1.54) is 29.4 Å². The van der Waals surface area contributed by atoms with Crippen LogP contribution in [-0.4, -0.2) is 55.1 Å². The van der Waals surface area contributed by atoms with E-state index < -0.39 is 16.4 Å². The number of carbonyl (C=O) groups is 1. The molecule has 0 radical (unpaired) electrons. The van der Waals surface area contributed by atoms with Crippen LogP contribution in [0.25, 0.3) is 0 Å². The number of hydrogen-bond donors (Lipinski definition) is 3. The average Bonchev–Trinajstić information content (AvgIpc) is 3.46. The van der Waals surface area contributed by atoms with Crippen LogP contribution in [-0.2, 0) is 25.6 Å². The van der Waals surface area contributed by atoms with E-state index in [1.54, 1.807) is 0 Å². The lowest BCUT2D eigenvalue weighted by atomic mass is 9.93.